The van der Waals surface area contributed by atoms with Crippen LogP contribution >= 0.6 is 0 Å². The first kappa shape index (κ1) is 23.0. The molecule has 38 heavy (non-hydrogen) atoms. The van der Waals surface area contributed by atoms with Crippen LogP contribution in [0, 0.1) is 0 Å². The zero-order valence-corrected chi connectivity index (χ0v) is 20.3. The van der Waals surface area contributed by atoms with Gasteiger partial charge in [0.2, 0.25) is 23.7 Å². The Morgan fingerprint density at radius 1 is 0.658 bits per heavy atom. The van der Waals surface area contributed by atoms with Crippen molar-refractivity contribution < 1.29 is 18.3 Å². The third kappa shape index (κ3) is 4.94. The van der Waals surface area contributed by atoms with Gasteiger partial charge in [-0.1, -0.05) is 30.3 Å². The van der Waals surface area contributed by atoms with Crippen molar-refractivity contribution in [1.29, 1.82) is 0 Å². The third-order valence-electron chi connectivity index (χ3n) is 6.18. The monoisotopic (exact) mass is 497 g/mol. The Morgan fingerprint density at radius 2 is 1.29 bits per heavy atom. The second-order valence-electron chi connectivity index (χ2n) is 8.65. The molecule has 6 rings (SSSR count). The van der Waals surface area contributed by atoms with Gasteiger partial charge in [0.1, 0.15) is 0 Å². The predicted octanol–water partition coefficient (Wildman–Crippen LogP) is 5.21. The molecule has 6 aromatic rings. The van der Waals surface area contributed by atoms with E-state index in [1.54, 1.807) is 12.1 Å². The van der Waals surface area contributed by atoms with Gasteiger partial charge in [-0.05, 0) is 35.4 Å². The van der Waals surface area contributed by atoms with Gasteiger partial charge < -0.3 is 9.73 Å². The summed E-state index contributed by atoms with van der Waals surface area (Å²) in [6.07, 6.45) is 9.42. The van der Waals surface area contributed by atoms with Gasteiger partial charge in [0, 0.05) is 65.3 Å². The summed E-state index contributed by atoms with van der Waals surface area (Å²) >= 11 is 0. The lowest BCUT2D eigenvalue weighted by molar-refractivity contribution is -0.596. The number of aromatic nitrogens is 4. The first-order valence-corrected chi connectivity index (χ1v) is 12.1. The van der Waals surface area contributed by atoms with E-state index >= 15 is 0 Å². The van der Waals surface area contributed by atoms with Crippen molar-refractivity contribution in [2.24, 2.45) is 0 Å². The number of rotatable bonds is 6. The summed E-state index contributed by atoms with van der Waals surface area (Å²) in [5.41, 5.74) is 6.38. The molecular formula is C31H23N5O2+2. The third-order valence-corrected chi connectivity index (χ3v) is 6.18. The van der Waals surface area contributed by atoms with E-state index in [-0.39, 0.29) is 5.91 Å². The molecule has 0 fully saturated rings. The fourth-order valence-corrected chi connectivity index (χ4v) is 4.22. The highest BCUT2D eigenvalue weighted by molar-refractivity contribution is 6.04. The molecule has 1 amide bonds. The smallest absolute Gasteiger partial charge is 0.255 e. The van der Waals surface area contributed by atoms with Gasteiger partial charge >= 0.3 is 0 Å². The van der Waals surface area contributed by atoms with Crippen LogP contribution in [0.2, 0.25) is 0 Å². The number of benzene rings is 3. The average molecular weight is 498 g/mol. The molecule has 0 aliphatic rings. The van der Waals surface area contributed by atoms with Crippen LogP contribution in [0.3, 0.4) is 0 Å². The standard InChI is InChI=1S/C31H22N5O2/c37-30(25-6-2-1-3-7-25)33-27-9-5-11-29(21-27)36-18-14-24(15-19-36)23-12-16-35(17-13-23)28-10-4-8-26(20-28)31-34-32-22-38-31/h1-22H/q+1/p+1. The van der Waals surface area contributed by atoms with Crippen LogP contribution in [-0.2, 0) is 0 Å². The van der Waals surface area contributed by atoms with Crippen molar-refractivity contribution >= 4 is 11.6 Å². The van der Waals surface area contributed by atoms with E-state index in [1.165, 1.54) is 6.39 Å². The van der Waals surface area contributed by atoms with Gasteiger partial charge in [-0.3, -0.25) is 4.79 Å². The second-order valence-corrected chi connectivity index (χ2v) is 8.65. The highest BCUT2D eigenvalue weighted by atomic mass is 16.4. The number of amides is 1. The van der Waals surface area contributed by atoms with Gasteiger partial charge in [-0.25, -0.2) is 0 Å². The molecule has 7 nitrogen and oxygen atoms in total. The predicted molar refractivity (Wildman–Crippen MR) is 143 cm³/mol. The number of carbonyl (C=O) groups is 1. The highest BCUT2D eigenvalue weighted by Crippen LogP contribution is 2.20. The molecular weight excluding hydrogens is 474 g/mol. The minimum atomic E-state index is -0.134. The van der Waals surface area contributed by atoms with Crippen LogP contribution in [0.5, 0.6) is 0 Å². The van der Waals surface area contributed by atoms with Crippen molar-refractivity contribution in [3.63, 3.8) is 0 Å². The first-order valence-electron chi connectivity index (χ1n) is 12.1. The number of pyridine rings is 2. The molecule has 0 saturated heterocycles. The summed E-state index contributed by atoms with van der Waals surface area (Å²) in [4.78, 5) is 12.5. The largest absolute Gasteiger partial charge is 0.423 e. The molecule has 182 valence electrons. The molecule has 0 aliphatic heterocycles. The Labute approximate surface area is 219 Å². The Hall–Kier alpha value is -5.43. The number of anilines is 1. The number of nitrogens with one attached hydrogen (secondary N) is 1. The Kier molecular flexibility index (Phi) is 6.22. The van der Waals surface area contributed by atoms with Gasteiger partial charge in [-0.15, -0.1) is 10.2 Å². The van der Waals surface area contributed by atoms with Crippen molar-refractivity contribution in [2.45, 2.75) is 0 Å². The molecule has 0 aliphatic carbocycles. The molecule has 1 N–H and O–H groups in total. The average Bonchev–Trinajstić information content (AvgIpc) is 3.54. The van der Waals surface area contributed by atoms with Crippen molar-refractivity contribution in [3.05, 3.63) is 140 Å². The summed E-state index contributed by atoms with van der Waals surface area (Å²) in [7, 11) is 0. The number of nitrogens with zero attached hydrogens (tertiary/aromatic N) is 4. The Morgan fingerprint density at radius 3 is 1.92 bits per heavy atom. The van der Waals surface area contributed by atoms with Crippen LogP contribution in [0.4, 0.5) is 5.69 Å². The van der Waals surface area contributed by atoms with Crippen molar-refractivity contribution in [1.82, 2.24) is 10.2 Å². The minimum Gasteiger partial charge on any atom is -0.423 e. The molecule has 0 atom stereocenters. The molecule has 0 bridgehead atoms. The number of carbonyl (C=O) groups excluding carboxylic acids is 1. The molecule has 3 aromatic carbocycles. The van der Waals surface area contributed by atoms with E-state index in [2.05, 4.69) is 39.8 Å². The Bertz CT molecular complexity index is 1680. The zero-order chi connectivity index (χ0) is 25.7. The van der Waals surface area contributed by atoms with E-state index in [0.29, 0.717) is 11.5 Å². The Balaban J connectivity index is 1.18. The van der Waals surface area contributed by atoms with E-state index in [4.69, 9.17) is 4.42 Å². The summed E-state index contributed by atoms with van der Waals surface area (Å²) in [5.74, 6) is 0.358. The molecule has 0 radical (unpaired) electrons. The highest BCUT2D eigenvalue weighted by Gasteiger charge is 2.13. The number of hydrogen-bond acceptors (Lipinski definition) is 4. The quantitative estimate of drug-likeness (QED) is 0.321. The van der Waals surface area contributed by atoms with E-state index in [0.717, 1.165) is 33.8 Å². The SMILES string of the molecule is O=C(Nc1cccc(-[n+]2ccc(-c3cc[n+](-c4cccc(-c5nnco5)c4)cc3)cc2)c1)c1ccccc1. The lowest BCUT2D eigenvalue weighted by atomic mass is 10.1. The van der Waals surface area contributed by atoms with Gasteiger partial charge in [0.05, 0.1) is 0 Å². The second kappa shape index (κ2) is 10.3. The lowest BCUT2D eigenvalue weighted by Crippen LogP contribution is -2.30. The fraction of sp³-hybridized carbons (Fsp3) is 0. The van der Waals surface area contributed by atoms with Crippen molar-refractivity contribution in [3.8, 4) is 34.0 Å². The first-order chi connectivity index (χ1) is 18.7. The summed E-state index contributed by atoms with van der Waals surface area (Å²) in [6.45, 7) is 0. The molecule has 0 spiro atoms. The van der Waals surface area contributed by atoms with E-state index in [1.807, 2.05) is 101 Å². The van der Waals surface area contributed by atoms with Crippen LogP contribution in [-0.4, -0.2) is 16.1 Å². The topological polar surface area (TPSA) is 75.8 Å². The maximum Gasteiger partial charge on any atom is 0.255 e. The minimum absolute atomic E-state index is 0.134. The molecule has 0 saturated carbocycles. The summed E-state index contributed by atoms with van der Waals surface area (Å²) in [6, 6.07) is 33.2. The van der Waals surface area contributed by atoms with Crippen LogP contribution in [0.15, 0.2) is 139 Å². The fourth-order valence-electron chi connectivity index (χ4n) is 4.22. The number of hydrogen-bond donors (Lipinski definition) is 1. The molecule has 3 heterocycles. The van der Waals surface area contributed by atoms with Crippen LogP contribution < -0.4 is 14.5 Å². The normalized spacial score (nSPS) is 10.7. The molecule has 7 heteroatoms. The van der Waals surface area contributed by atoms with Gasteiger partial charge in [-0.2, -0.15) is 9.13 Å². The molecule has 3 aromatic heterocycles. The molecule has 0 unspecified atom stereocenters. The van der Waals surface area contributed by atoms with Crippen molar-refractivity contribution in [2.75, 3.05) is 5.32 Å². The maximum absolute atomic E-state index is 12.5. The van der Waals surface area contributed by atoms with E-state index < -0.39 is 0 Å². The lowest BCUT2D eigenvalue weighted by Gasteiger charge is -2.06. The van der Waals surface area contributed by atoms with Crippen LogP contribution in [0.1, 0.15) is 10.4 Å². The van der Waals surface area contributed by atoms with Gasteiger partial charge in [0.25, 0.3) is 5.91 Å². The zero-order valence-electron chi connectivity index (χ0n) is 20.3. The van der Waals surface area contributed by atoms with Crippen LogP contribution in [0.25, 0.3) is 34.0 Å². The van der Waals surface area contributed by atoms with E-state index in [9.17, 15) is 4.79 Å². The maximum atomic E-state index is 12.5. The summed E-state index contributed by atoms with van der Waals surface area (Å²) in [5, 5.41) is 10.7. The summed E-state index contributed by atoms with van der Waals surface area (Å²) < 4.78 is 9.38. The van der Waals surface area contributed by atoms with Gasteiger partial charge in [0.15, 0.2) is 24.8 Å².